The van der Waals surface area contributed by atoms with Gasteiger partial charge in [-0.15, -0.1) is 0 Å². The Bertz CT molecular complexity index is 628. The number of hydrogen-bond donors (Lipinski definition) is 2. The number of pyridine rings is 1. The first-order valence-electron chi connectivity index (χ1n) is 7.01. The number of fused-ring (bicyclic) bond motifs is 1. The molecular formula is C16H20N2O3. The minimum absolute atomic E-state index is 0.171. The lowest BCUT2D eigenvalue weighted by molar-refractivity contribution is -0.137. The highest BCUT2D eigenvalue weighted by atomic mass is 16.5. The van der Waals surface area contributed by atoms with Crippen molar-refractivity contribution in [2.24, 2.45) is 0 Å². The van der Waals surface area contributed by atoms with Crippen LogP contribution in [0.1, 0.15) is 26.2 Å². The van der Waals surface area contributed by atoms with E-state index in [1.807, 2.05) is 31.2 Å². The van der Waals surface area contributed by atoms with Gasteiger partial charge in [-0.1, -0.05) is 0 Å². The standard InChI is InChI=1S/C16H20N2O3/c1-11(4-3-5-15(19)20)18-16-14-7-6-13(21-2)10-12(14)8-9-17-16/h6-11H,3-5H2,1-2H3,(H,17,18)(H,19,20). The second-order valence-electron chi connectivity index (χ2n) is 5.08. The number of anilines is 1. The van der Waals surface area contributed by atoms with Crippen molar-refractivity contribution >= 4 is 22.6 Å². The normalized spacial score (nSPS) is 12.1. The minimum atomic E-state index is -0.752. The first-order valence-corrected chi connectivity index (χ1v) is 7.01. The number of rotatable bonds is 7. The number of methoxy groups -OCH3 is 1. The fourth-order valence-corrected chi connectivity index (χ4v) is 2.26. The predicted molar refractivity (Wildman–Crippen MR) is 82.9 cm³/mol. The number of aromatic nitrogens is 1. The van der Waals surface area contributed by atoms with Crippen molar-refractivity contribution in [1.82, 2.24) is 4.98 Å². The van der Waals surface area contributed by atoms with Gasteiger partial charge in [0, 0.05) is 24.0 Å². The van der Waals surface area contributed by atoms with Crippen LogP contribution in [0.3, 0.4) is 0 Å². The van der Waals surface area contributed by atoms with Gasteiger partial charge in [-0.25, -0.2) is 4.98 Å². The van der Waals surface area contributed by atoms with E-state index in [0.29, 0.717) is 6.42 Å². The molecule has 0 spiro atoms. The van der Waals surface area contributed by atoms with E-state index in [2.05, 4.69) is 10.3 Å². The van der Waals surface area contributed by atoms with Crippen LogP contribution in [0.5, 0.6) is 5.75 Å². The summed E-state index contributed by atoms with van der Waals surface area (Å²) in [5.74, 6) is 0.879. The molecular weight excluding hydrogens is 268 g/mol. The first-order chi connectivity index (χ1) is 10.1. The molecule has 0 saturated carbocycles. The van der Waals surface area contributed by atoms with Gasteiger partial charge >= 0.3 is 5.97 Å². The summed E-state index contributed by atoms with van der Waals surface area (Å²) in [6.45, 7) is 2.03. The molecule has 5 nitrogen and oxygen atoms in total. The zero-order valence-electron chi connectivity index (χ0n) is 12.3. The molecule has 1 unspecified atom stereocenters. The van der Waals surface area contributed by atoms with Crippen LogP contribution in [0.2, 0.25) is 0 Å². The molecule has 0 aliphatic rings. The Kier molecular flexibility index (Phi) is 4.98. The van der Waals surface area contributed by atoms with Gasteiger partial charge in [-0.3, -0.25) is 4.79 Å². The second-order valence-corrected chi connectivity index (χ2v) is 5.08. The minimum Gasteiger partial charge on any atom is -0.497 e. The van der Waals surface area contributed by atoms with E-state index in [1.165, 1.54) is 0 Å². The SMILES string of the molecule is COc1ccc2c(NC(C)CCCC(=O)O)nccc2c1. The first kappa shape index (κ1) is 15.1. The molecule has 0 saturated heterocycles. The molecule has 112 valence electrons. The van der Waals surface area contributed by atoms with Crippen LogP contribution in [0, 0.1) is 0 Å². The maximum absolute atomic E-state index is 10.5. The van der Waals surface area contributed by atoms with Gasteiger partial charge in [0.2, 0.25) is 0 Å². The number of carboxylic acid groups (broad SMARTS) is 1. The number of benzene rings is 1. The summed E-state index contributed by atoms with van der Waals surface area (Å²) < 4.78 is 5.22. The number of carboxylic acids is 1. The zero-order valence-corrected chi connectivity index (χ0v) is 12.3. The van der Waals surface area contributed by atoms with Crippen molar-refractivity contribution in [2.45, 2.75) is 32.2 Å². The van der Waals surface area contributed by atoms with Crippen LogP contribution in [0.4, 0.5) is 5.82 Å². The van der Waals surface area contributed by atoms with Crippen molar-refractivity contribution < 1.29 is 14.6 Å². The molecule has 0 aliphatic heterocycles. The van der Waals surface area contributed by atoms with Gasteiger partial charge in [0.15, 0.2) is 0 Å². The third kappa shape index (κ3) is 4.08. The van der Waals surface area contributed by atoms with E-state index in [1.54, 1.807) is 13.3 Å². The molecule has 1 aromatic carbocycles. The van der Waals surface area contributed by atoms with E-state index in [4.69, 9.17) is 9.84 Å². The maximum atomic E-state index is 10.5. The van der Waals surface area contributed by atoms with E-state index in [9.17, 15) is 4.79 Å². The predicted octanol–water partition coefficient (Wildman–Crippen LogP) is 3.30. The smallest absolute Gasteiger partial charge is 0.303 e. The number of nitrogens with zero attached hydrogens (tertiary/aromatic N) is 1. The zero-order chi connectivity index (χ0) is 15.2. The Morgan fingerprint density at radius 1 is 1.43 bits per heavy atom. The molecule has 2 N–H and O–H groups in total. The molecule has 21 heavy (non-hydrogen) atoms. The second kappa shape index (κ2) is 6.92. The molecule has 0 bridgehead atoms. The lowest BCUT2D eigenvalue weighted by Crippen LogP contribution is -2.16. The number of ether oxygens (including phenoxy) is 1. The van der Waals surface area contributed by atoms with Crippen LogP contribution >= 0.6 is 0 Å². The van der Waals surface area contributed by atoms with E-state index >= 15 is 0 Å². The molecule has 0 amide bonds. The average molecular weight is 288 g/mol. The lowest BCUT2D eigenvalue weighted by atomic mass is 10.1. The summed E-state index contributed by atoms with van der Waals surface area (Å²) in [6.07, 6.45) is 3.41. The van der Waals surface area contributed by atoms with Crippen LogP contribution in [0.25, 0.3) is 10.8 Å². The number of hydrogen-bond acceptors (Lipinski definition) is 4. The molecule has 2 rings (SSSR count). The van der Waals surface area contributed by atoms with E-state index < -0.39 is 5.97 Å². The van der Waals surface area contributed by atoms with Gasteiger partial charge in [0.25, 0.3) is 0 Å². The summed E-state index contributed by atoms with van der Waals surface area (Å²) in [4.78, 5) is 14.9. The summed E-state index contributed by atoms with van der Waals surface area (Å²) >= 11 is 0. The molecule has 0 radical (unpaired) electrons. The van der Waals surface area contributed by atoms with Crippen LogP contribution in [0.15, 0.2) is 30.5 Å². The molecule has 0 fully saturated rings. The van der Waals surface area contributed by atoms with E-state index in [-0.39, 0.29) is 12.5 Å². The summed E-state index contributed by atoms with van der Waals surface area (Å²) in [5, 5.41) is 14.1. The van der Waals surface area contributed by atoms with Crippen LogP contribution in [-0.2, 0) is 4.79 Å². The lowest BCUT2D eigenvalue weighted by Gasteiger charge is -2.15. The molecule has 5 heteroatoms. The summed E-state index contributed by atoms with van der Waals surface area (Å²) in [6, 6.07) is 7.97. The molecule has 1 atom stereocenters. The summed E-state index contributed by atoms with van der Waals surface area (Å²) in [5.41, 5.74) is 0. The van der Waals surface area contributed by atoms with Crippen LogP contribution in [-0.4, -0.2) is 29.2 Å². The van der Waals surface area contributed by atoms with Gasteiger partial charge < -0.3 is 15.2 Å². The van der Waals surface area contributed by atoms with Crippen LogP contribution < -0.4 is 10.1 Å². The van der Waals surface area contributed by atoms with Crippen molar-refractivity contribution in [3.8, 4) is 5.75 Å². The Labute approximate surface area is 124 Å². The molecule has 0 aliphatic carbocycles. The number of carbonyl (C=O) groups is 1. The highest BCUT2D eigenvalue weighted by Gasteiger charge is 2.08. The number of nitrogens with one attached hydrogen (secondary N) is 1. The fourth-order valence-electron chi connectivity index (χ4n) is 2.26. The highest BCUT2D eigenvalue weighted by molar-refractivity contribution is 5.92. The monoisotopic (exact) mass is 288 g/mol. The van der Waals surface area contributed by atoms with Gasteiger partial charge in [0.1, 0.15) is 11.6 Å². The Hall–Kier alpha value is -2.30. The Balaban J connectivity index is 2.09. The molecule has 1 aromatic heterocycles. The third-order valence-corrected chi connectivity index (χ3v) is 3.38. The molecule has 1 heterocycles. The number of aliphatic carboxylic acids is 1. The van der Waals surface area contributed by atoms with Crippen molar-refractivity contribution in [2.75, 3.05) is 12.4 Å². The van der Waals surface area contributed by atoms with Gasteiger partial charge in [0.05, 0.1) is 7.11 Å². The fraction of sp³-hybridized carbons (Fsp3) is 0.375. The Morgan fingerprint density at radius 3 is 2.95 bits per heavy atom. The van der Waals surface area contributed by atoms with Gasteiger partial charge in [-0.05, 0) is 49.4 Å². The maximum Gasteiger partial charge on any atom is 0.303 e. The van der Waals surface area contributed by atoms with Crippen molar-refractivity contribution in [1.29, 1.82) is 0 Å². The molecule has 2 aromatic rings. The Morgan fingerprint density at radius 2 is 2.24 bits per heavy atom. The quantitative estimate of drug-likeness (QED) is 0.818. The highest BCUT2D eigenvalue weighted by Crippen LogP contribution is 2.26. The topological polar surface area (TPSA) is 71.5 Å². The van der Waals surface area contributed by atoms with Crippen molar-refractivity contribution in [3.63, 3.8) is 0 Å². The van der Waals surface area contributed by atoms with E-state index in [0.717, 1.165) is 28.8 Å². The summed E-state index contributed by atoms with van der Waals surface area (Å²) in [7, 11) is 1.64. The largest absolute Gasteiger partial charge is 0.497 e. The third-order valence-electron chi connectivity index (χ3n) is 3.38. The van der Waals surface area contributed by atoms with Crippen molar-refractivity contribution in [3.05, 3.63) is 30.5 Å². The average Bonchev–Trinajstić information content (AvgIpc) is 2.46. The van der Waals surface area contributed by atoms with Gasteiger partial charge in [-0.2, -0.15) is 0 Å².